The molecule has 0 saturated carbocycles. The molecule has 7 nitrogen and oxygen atoms in total. The molecule has 0 bridgehead atoms. The maximum atomic E-state index is 12.6. The van der Waals surface area contributed by atoms with Gasteiger partial charge in [0.2, 0.25) is 0 Å². The number of aliphatic hydroxyl groups is 1. The van der Waals surface area contributed by atoms with Crippen LogP contribution in [-0.4, -0.2) is 41.3 Å². The Bertz CT molecular complexity index is 1250. The van der Waals surface area contributed by atoms with Gasteiger partial charge >= 0.3 is 0 Å². The van der Waals surface area contributed by atoms with Crippen molar-refractivity contribution in [3.8, 4) is 23.3 Å². The standard InChI is InChI=1S/C27H27N3O4/c1-28-14-2-3-16-34-20-10-7-18(8-11-20)24(31)12-9-19-5-4-6-22-26(19)21(27(33)30-22)17-23-25(32)13-15-29-23/h4-8,10-11,13,15,17,24,28-29,31-32H,2-3,14,16H2,1H3,(H,30,33)/b21-17-. The quantitative estimate of drug-likeness (QED) is 0.202. The lowest BCUT2D eigenvalue weighted by Crippen LogP contribution is -2.09. The van der Waals surface area contributed by atoms with E-state index >= 15 is 0 Å². The third-order valence-corrected chi connectivity index (χ3v) is 5.50. The highest BCUT2D eigenvalue weighted by Gasteiger charge is 2.27. The number of carbonyl (C=O) groups excluding carboxylic acids is 1. The van der Waals surface area contributed by atoms with Crippen LogP contribution in [0.5, 0.6) is 11.5 Å². The minimum absolute atomic E-state index is 0.0538. The maximum absolute atomic E-state index is 12.6. The zero-order valence-corrected chi connectivity index (χ0v) is 18.9. The van der Waals surface area contributed by atoms with Crippen molar-refractivity contribution in [2.75, 3.05) is 25.5 Å². The number of aromatic hydroxyl groups is 1. The molecule has 2 heterocycles. The van der Waals surface area contributed by atoms with Crippen LogP contribution in [0.25, 0.3) is 11.6 Å². The first-order chi connectivity index (χ1) is 16.6. The second-order valence-electron chi connectivity index (χ2n) is 7.92. The molecule has 7 heteroatoms. The Morgan fingerprint density at radius 2 is 1.97 bits per heavy atom. The summed E-state index contributed by atoms with van der Waals surface area (Å²) in [5.41, 5.74) is 3.37. The molecule has 1 aliphatic heterocycles. The minimum atomic E-state index is -0.995. The minimum Gasteiger partial charge on any atom is -0.506 e. The summed E-state index contributed by atoms with van der Waals surface area (Å²) in [4.78, 5) is 15.5. The van der Waals surface area contributed by atoms with Gasteiger partial charge in [0.05, 0.1) is 23.6 Å². The first kappa shape index (κ1) is 23.2. The van der Waals surface area contributed by atoms with Crippen molar-refractivity contribution in [3.05, 3.63) is 77.1 Å². The zero-order valence-electron chi connectivity index (χ0n) is 18.9. The number of nitrogens with one attached hydrogen (secondary N) is 3. The lowest BCUT2D eigenvalue weighted by molar-refractivity contribution is -0.110. The van der Waals surface area contributed by atoms with E-state index in [0.717, 1.165) is 25.1 Å². The number of H-pyrrole nitrogens is 1. The van der Waals surface area contributed by atoms with Gasteiger partial charge in [0.1, 0.15) is 17.6 Å². The number of fused-ring (bicyclic) bond motifs is 1. The number of carbonyl (C=O) groups is 1. The number of anilines is 1. The first-order valence-corrected chi connectivity index (χ1v) is 11.2. The lowest BCUT2D eigenvalue weighted by atomic mass is 9.99. The SMILES string of the molecule is CNCCCCOc1ccc(C(O)C#Cc2cccc3c2/C(=C/c2[nH]ccc2O)C(=O)N3)cc1. The van der Waals surface area contributed by atoms with E-state index in [1.54, 1.807) is 42.6 Å². The second kappa shape index (κ2) is 10.8. The van der Waals surface area contributed by atoms with Gasteiger partial charge in [-0.3, -0.25) is 4.79 Å². The molecule has 34 heavy (non-hydrogen) atoms. The van der Waals surface area contributed by atoms with Gasteiger partial charge in [0, 0.05) is 17.3 Å². The van der Waals surface area contributed by atoms with Crippen molar-refractivity contribution in [2.45, 2.75) is 18.9 Å². The predicted molar refractivity (Wildman–Crippen MR) is 132 cm³/mol. The highest BCUT2D eigenvalue weighted by Crippen LogP contribution is 2.36. The molecule has 1 atom stereocenters. The van der Waals surface area contributed by atoms with E-state index in [1.807, 2.05) is 19.2 Å². The van der Waals surface area contributed by atoms with E-state index in [0.29, 0.717) is 40.3 Å². The third kappa shape index (κ3) is 5.31. The predicted octanol–water partition coefficient (Wildman–Crippen LogP) is 3.68. The number of aromatic nitrogens is 1. The summed E-state index contributed by atoms with van der Waals surface area (Å²) in [6.07, 6.45) is 4.21. The molecule has 1 aliphatic rings. The van der Waals surface area contributed by atoms with Crippen LogP contribution in [0.4, 0.5) is 5.69 Å². The number of amides is 1. The third-order valence-electron chi connectivity index (χ3n) is 5.50. The van der Waals surface area contributed by atoms with Gasteiger partial charge in [-0.2, -0.15) is 0 Å². The van der Waals surface area contributed by atoms with Gasteiger partial charge in [-0.1, -0.05) is 30.0 Å². The van der Waals surface area contributed by atoms with Crippen LogP contribution in [0.1, 0.15) is 41.3 Å². The van der Waals surface area contributed by atoms with Crippen LogP contribution in [0.15, 0.2) is 54.7 Å². The van der Waals surface area contributed by atoms with Gasteiger partial charge in [0.15, 0.2) is 0 Å². The Morgan fingerprint density at radius 3 is 2.71 bits per heavy atom. The van der Waals surface area contributed by atoms with E-state index in [-0.39, 0.29) is 11.7 Å². The van der Waals surface area contributed by atoms with Gasteiger partial charge in [0.25, 0.3) is 5.91 Å². The van der Waals surface area contributed by atoms with E-state index in [1.165, 1.54) is 6.07 Å². The van der Waals surface area contributed by atoms with Crippen molar-refractivity contribution in [3.63, 3.8) is 0 Å². The average Bonchev–Trinajstić information content (AvgIpc) is 3.40. The van der Waals surface area contributed by atoms with Crippen molar-refractivity contribution in [1.29, 1.82) is 0 Å². The maximum Gasteiger partial charge on any atom is 0.256 e. The Hall–Kier alpha value is -3.99. The molecule has 1 aromatic heterocycles. The molecule has 0 aliphatic carbocycles. The summed E-state index contributed by atoms with van der Waals surface area (Å²) in [5.74, 6) is 6.41. The number of rotatable bonds is 8. The number of aliphatic hydroxyl groups excluding tert-OH is 1. The van der Waals surface area contributed by atoms with Gasteiger partial charge < -0.3 is 30.6 Å². The number of hydrogen-bond acceptors (Lipinski definition) is 5. The summed E-state index contributed by atoms with van der Waals surface area (Å²) in [7, 11) is 1.93. The Labute approximate surface area is 198 Å². The van der Waals surface area contributed by atoms with E-state index in [4.69, 9.17) is 4.74 Å². The number of benzene rings is 2. The molecule has 0 spiro atoms. The van der Waals surface area contributed by atoms with Crippen LogP contribution in [0.3, 0.4) is 0 Å². The largest absolute Gasteiger partial charge is 0.506 e. The molecule has 0 fully saturated rings. The molecule has 5 N–H and O–H groups in total. The average molecular weight is 458 g/mol. The number of hydrogen-bond donors (Lipinski definition) is 5. The zero-order chi connectivity index (χ0) is 23.9. The molecular weight excluding hydrogens is 430 g/mol. The van der Waals surface area contributed by atoms with Gasteiger partial charge in [-0.05, 0) is 68.4 Å². The molecule has 0 saturated heterocycles. The Morgan fingerprint density at radius 1 is 1.15 bits per heavy atom. The van der Waals surface area contributed by atoms with Gasteiger partial charge in [-0.15, -0.1) is 0 Å². The topological polar surface area (TPSA) is 107 Å². The molecule has 1 unspecified atom stereocenters. The summed E-state index contributed by atoms with van der Waals surface area (Å²) in [6, 6.07) is 14.1. The number of ether oxygens (including phenoxy) is 1. The smallest absolute Gasteiger partial charge is 0.256 e. The second-order valence-corrected chi connectivity index (χ2v) is 7.92. The van der Waals surface area contributed by atoms with Crippen molar-refractivity contribution in [1.82, 2.24) is 10.3 Å². The summed E-state index contributed by atoms with van der Waals surface area (Å²) >= 11 is 0. The fourth-order valence-electron chi connectivity index (χ4n) is 3.70. The van der Waals surface area contributed by atoms with Crippen LogP contribution >= 0.6 is 0 Å². The molecule has 4 rings (SSSR count). The van der Waals surface area contributed by atoms with E-state index < -0.39 is 6.10 Å². The molecule has 174 valence electrons. The molecule has 3 aromatic rings. The Balaban J connectivity index is 1.50. The van der Waals surface area contributed by atoms with Gasteiger partial charge in [-0.25, -0.2) is 0 Å². The van der Waals surface area contributed by atoms with Crippen molar-refractivity contribution < 1.29 is 19.7 Å². The molecular formula is C27H27N3O4. The van der Waals surface area contributed by atoms with Crippen LogP contribution < -0.4 is 15.4 Å². The van der Waals surface area contributed by atoms with Crippen LogP contribution in [-0.2, 0) is 4.79 Å². The molecule has 0 radical (unpaired) electrons. The molecule has 2 aromatic carbocycles. The van der Waals surface area contributed by atoms with Crippen LogP contribution in [0, 0.1) is 11.8 Å². The van der Waals surface area contributed by atoms with Crippen molar-refractivity contribution in [2.24, 2.45) is 0 Å². The highest BCUT2D eigenvalue weighted by atomic mass is 16.5. The highest BCUT2D eigenvalue weighted by molar-refractivity contribution is 6.35. The lowest BCUT2D eigenvalue weighted by Gasteiger charge is -2.08. The van der Waals surface area contributed by atoms with Crippen molar-refractivity contribution >= 4 is 23.2 Å². The fourth-order valence-corrected chi connectivity index (χ4v) is 3.70. The van der Waals surface area contributed by atoms with E-state index in [9.17, 15) is 15.0 Å². The summed E-state index contributed by atoms with van der Waals surface area (Å²) in [5, 5.41) is 26.5. The van der Waals surface area contributed by atoms with Crippen LogP contribution in [0.2, 0.25) is 0 Å². The normalized spacial score (nSPS) is 14.3. The van der Waals surface area contributed by atoms with E-state index in [2.05, 4.69) is 27.5 Å². The fraction of sp³-hybridized carbons (Fsp3) is 0.222. The summed E-state index contributed by atoms with van der Waals surface area (Å²) < 4.78 is 5.73. The number of aromatic amines is 1. The first-order valence-electron chi connectivity index (χ1n) is 11.2. The Kier molecular flexibility index (Phi) is 7.33. The molecule has 1 amide bonds. The summed E-state index contributed by atoms with van der Waals surface area (Å²) in [6.45, 7) is 1.61. The number of unbranched alkanes of at least 4 members (excludes halogenated alkanes) is 1. The monoisotopic (exact) mass is 457 g/mol.